The average molecular weight is 248 g/mol. The number of aromatic nitrogens is 1. The number of halogens is 1. The van der Waals surface area contributed by atoms with E-state index in [1.165, 1.54) is 6.26 Å². The Hall–Kier alpha value is -0.610. The third-order valence-electron chi connectivity index (χ3n) is 2.36. The highest BCUT2D eigenvalue weighted by Crippen LogP contribution is 2.16. The van der Waals surface area contributed by atoms with Gasteiger partial charge >= 0.3 is 0 Å². The van der Waals surface area contributed by atoms with Crippen LogP contribution >= 0.6 is 11.6 Å². The third kappa shape index (κ3) is 3.80. The van der Waals surface area contributed by atoms with Crippen molar-refractivity contribution in [1.29, 1.82) is 0 Å². The second kappa shape index (κ2) is 4.94. The van der Waals surface area contributed by atoms with E-state index in [0.717, 1.165) is 5.56 Å². The van der Waals surface area contributed by atoms with Crippen molar-refractivity contribution in [3.05, 3.63) is 30.1 Å². The van der Waals surface area contributed by atoms with Crippen LogP contribution in [-0.4, -0.2) is 30.3 Å². The lowest BCUT2D eigenvalue weighted by Gasteiger charge is -2.15. The van der Waals surface area contributed by atoms with Crippen LogP contribution in [0.25, 0.3) is 0 Å². The Kier molecular flexibility index (Phi) is 4.11. The number of rotatable bonds is 4. The van der Waals surface area contributed by atoms with Gasteiger partial charge in [0.05, 0.1) is 10.6 Å². The number of nitrogens with zero attached hydrogens (tertiary/aromatic N) is 1. The zero-order valence-corrected chi connectivity index (χ0v) is 10.3. The first-order valence-electron chi connectivity index (χ1n) is 4.63. The van der Waals surface area contributed by atoms with E-state index in [0.29, 0.717) is 6.42 Å². The maximum absolute atomic E-state index is 11.3. The molecule has 0 aliphatic carbocycles. The summed E-state index contributed by atoms with van der Waals surface area (Å²) in [5, 5.41) is -0.935. The summed E-state index contributed by atoms with van der Waals surface area (Å²) in [4.78, 5) is 3.88. The summed E-state index contributed by atoms with van der Waals surface area (Å²) in [5.41, 5.74) is 1.00. The number of hydrogen-bond acceptors (Lipinski definition) is 3. The molecule has 0 bridgehead atoms. The van der Waals surface area contributed by atoms with Crippen molar-refractivity contribution in [1.82, 2.24) is 4.98 Å². The highest BCUT2D eigenvalue weighted by atomic mass is 35.5. The van der Waals surface area contributed by atoms with E-state index in [1.54, 1.807) is 19.3 Å². The quantitative estimate of drug-likeness (QED) is 0.761. The summed E-state index contributed by atoms with van der Waals surface area (Å²) >= 11 is 6.05. The normalized spacial score (nSPS) is 15.9. The highest BCUT2D eigenvalue weighted by Gasteiger charge is 2.23. The smallest absolute Gasteiger partial charge is 0.151 e. The summed E-state index contributed by atoms with van der Waals surface area (Å²) < 4.78 is 22.5. The lowest BCUT2D eigenvalue weighted by molar-refractivity contribution is 0.584. The Balaban J connectivity index is 2.68. The molecule has 0 saturated carbocycles. The molecule has 2 unspecified atom stereocenters. The van der Waals surface area contributed by atoms with Crippen LogP contribution in [0.3, 0.4) is 0 Å². The first-order valence-corrected chi connectivity index (χ1v) is 7.02. The van der Waals surface area contributed by atoms with Crippen molar-refractivity contribution >= 4 is 21.4 Å². The van der Waals surface area contributed by atoms with Gasteiger partial charge in [0, 0.05) is 18.6 Å². The van der Waals surface area contributed by atoms with Crippen LogP contribution in [0.15, 0.2) is 24.5 Å². The summed E-state index contributed by atoms with van der Waals surface area (Å²) in [6, 6.07) is 3.68. The molecular weight excluding hydrogens is 234 g/mol. The fourth-order valence-corrected chi connectivity index (χ4v) is 2.55. The molecule has 0 aromatic carbocycles. The standard InChI is InChI=1S/C10H14ClNO2S/c1-8(15(2,13)14)10(11)7-9-3-5-12-6-4-9/h3-6,8,10H,7H2,1-2H3. The van der Waals surface area contributed by atoms with Crippen molar-refractivity contribution in [2.24, 2.45) is 0 Å². The van der Waals surface area contributed by atoms with Gasteiger partial charge in [-0.2, -0.15) is 0 Å². The van der Waals surface area contributed by atoms with Crippen LogP contribution < -0.4 is 0 Å². The Labute approximate surface area is 95.4 Å². The van der Waals surface area contributed by atoms with Crippen molar-refractivity contribution in [2.45, 2.75) is 24.0 Å². The first-order chi connectivity index (χ1) is 6.91. The Morgan fingerprint density at radius 2 is 1.93 bits per heavy atom. The number of hydrogen-bond donors (Lipinski definition) is 0. The number of sulfone groups is 1. The van der Waals surface area contributed by atoms with Gasteiger partial charge in [-0.1, -0.05) is 0 Å². The van der Waals surface area contributed by atoms with E-state index >= 15 is 0 Å². The second-order valence-electron chi connectivity index (χ2n) is 3.61. The molecule has 84 valence electrons. The minimum absolute atomic E-state index is 0.401. The molecule has 0 aliphatic heterocycles. The minimum atomic E-state index is -3.07. The zero-order chi connectivity index (χ0) is 11.5. The predicted molar refractivity (Wildman–Crippen MR) is 61.9 cm³/mol. The molecule has 15 heavy (non-hydrogen) atoms. The fourth-order valence-electron chi connectivity index (χ4n) is 1.18. The van der Waals surface area contributed by atoms with Crippen molar-refractivity contribution in [3.63, 3.8) is 0 Å². The monoisotopic (exact) mass is 247 g/mol. The lowest BCUT2D eigenvalue weighted by Crippen LogP contribution is -2.28. The van der Waals surface area contributed by atoms with Crippen LogP contribution in [0.1, 0.15) is 12.5 Å². The summed E-state index contributed by atoms with van der Waals surface area (Å²) in [7, 11) is -3.07. The van der Waals surface area contributed by atoms with E-state index in [4.69, 9.17) is 11.6 Å². The van der Waals surface area contributed by atoms with Gasteiger partial charge in [0.1, 0.15) is 0 Å². The molecule has 0 radical (unpaired) electrons. The van der Waals surface area contributed by atoms with Gasteiger partial charge in [-0.15, -0.1) is 11.6 Å². The maximum atomic E-state index is 11.3. The van der Waals surface area contributed by atoms with Gasteiger partial charge in [0.15, 0.2) is 9.84 Å². The summed E-state index contributed by atoms with van der Waals surface area (Å²) in [6.45, 7) is 1.63. The largest absolute Gasteiger partial charge is 0.265 e. The zero-order valence-electron chi connectivity index (χ0n) is 8.72. The van der Waals surface area contributed by atoms with E-state index in [2.05, 4.69) is 4.98 Å². The third-order valence-corrected chi connectivity index (χ3v) is 4.73. The van der Waals surface area contributed by atoms with Crippen molar-refractivity contribution < 1.29 is 8.42 Å². The molecule has 1 rings (SSSR count). The van der Waals surface area contributed by atoms with Crippen LogP contribution in [-0.2, 0) is 16.3 Å². The van der Waals surface area contributed by atoms with Gasteiger partial charge in [0.25, 0.3) is 0 Å². The predicted octanol–water partition coefficient (Wildman–Crippen LogP) is 1.66. The number of pyridine rings is 1. The van der Waals surface area contributed by atoms with Gasteiger partial charge in [-0.05, 0) is 31.0 Å². The highest BCUT2D eigenvalue weighted by molar-refractivity contribution is 7.91. The summed E-state index contributed by atoms with van der Waals surface area (Å²) in [5.74, 6) is 0. The molecule has 5 heteroatoms. The van der Waals surface area contributed by atoms with Gasteiger partial charge in [-0.25, -0.2) is 8.42 Å². The molecule has 1 heterocycles. The molecular formula is C10H14ClNO2S. The van der Waals surface area contributed by atoms with Crippen LogP contribution in [0.5, 0.6) is 0 Å². The molecule has 0 N–H and O–H groups in total. The maximum Gasteiger partial charge on any atom is 0.151 e. The van der Waals surface area contributed by atoms with Gasteiger partial charge in [0.2, 0.25) is 0 Å². The van der Waals surface area contributed by atoms with E-state index in [1.807, 2.05) is 12.1 Å². The van der Waals surface area contributed by atoms with Crippen molar-refractivity contribution in [2.75, 3.05) is 6.26 Å². The molecule has 2 atom stereocenters. The lowest BCUT2D eigenvalue weighted by atomic mass is 10.1. The van der Waals surface area contributed by atoms with E-state index in [9.17, 15) is 8.42 Å². The van der Waals surface area contributed by atoms with Crippen LogP contribution in [0.4, 0.5) is 0 Å². The minimum Gasteiger partial charge on any atom is -0.265 e. The summed E-state index contributed by atoms with van der Waals surface area (Å²) in [6.07, 6.45) is 5.09. The second-order valence-corrected chi connectivity index (χ2v) is 6.57. The molecule has 0 fully saturated rings. The van der Waals surface area contributed by atoms with Crippen molar-refractivity contribution in [3.8, 4) is 0 Å². The van der Waals surface area contributed by atoms with Crippen LogP contribution in [0.2, 0.25) is 0 Å². The van der Waals surface area contributed by atoms with E-state index < -0.39 is 20.5 Å². The first kappa shape index (κ1) is 12.5. The van der Waals surface area contributed by atoms with Crippen LogP contribution in [0, 0.1) is 0 Å². The van der Waals surface area contributed by atoms with Gasteiger partial charge in [-0.3, -0.25) is 4.98 Å². The molecule has 0 spiro atoms. The molecule has 0 aliphatic rings. The topological polar surface area (TPSA) is 47.0 Å². The SMILES string of the molecule is CC(C(Cl)Cc1ccncc1)S(C)(=O)=O. The molecule has 1 aromatic heterocycles. The van der Waals surface area contributed by atoms with E-state index in [-0.39, 0.29) is 0 Å². The Morgan fingerprint density at radius 1 is 1.40 bits per heavy atom. The Morgan fingerprint density at radius 3 is 2.40 bits per heavy atom. The molecule has 3 nitrogen and oxygen atoms in total. The Bertz CT molecular complexity index is 405. The number of alkyl halides is 1. The average Bonchev–Trinajstić information content (AvgIpc) is 2.16. The molecule has 0 saturated heterocycles. The fraction of sp³-hybridized carbons (Fsp3) is 0.500. The molecule has 0 amide bonds. The van der Waals surface area contributed by atoms with Gasteiger partial charge < -0.3 is 0 Å². The molecule has 1 aromatic rings.